The Hall–Kier alpha value is -2.01. The van der Waals surface area contributed by atoms with E-state index < -0.39 is 5.97 Å². The van der Waals surface area contributed by atoms with Gasteiger partial charge in [0, 0.05) is 4.47 Å². The number of carbonyl (C=O) groups is 1. The van der Waals surface area contributed by atoms with E-state index in [1.165, 1.54) is 0 Å². The number of aromatic carboxylic acids is 1. The lowest BCUT2D eigenvalue weighted by atomic mass is 10.0. The highest BCUT2D eigenvalue weighted by molar-refractivity contribution is 9.10. The SMILES string of the molecule is O=C(O)c1ccc(-c2ccc3c(c2)OCCO3)c(Br)c1. The molecule has 0 unspecified atom stereocenters. The Balaban J connectivity index is 2.02. The fourth-order valence-corrected chi connectivity index (χ4v) is 2.70. The van der Waals surface area contributed by atoms with Crippen LogP contribution in [0.5, 0.6) is 11.5 Å². The van der Waals surface area contributed by atoms with E-state index in [0.29, 0.717) is 19.0 Å². The Morgan fingerprint density at radius 3 is 2.50 bits per heavy atom. The standard InChI is InChI=1S/C15H11BrO4/c16-12-7-10(15(17)18)1-3-11(12)9-2-4-13-14(8-9)20-6-5-19-13/h1-4,7-8H,5-6H2,(H,17,18). The van der Waals surface area contributed by atoms with Gasteiger partial charge in [0.25, 0.3) is 0 Å². The van der Waals surface area contributed by atoms with Crippen LogP contribution in [0.15, 0.2) is 40.9 Å². The molecule has 0 saturated carbocycles. The maximum absolute atomic E-state index is 10.9. The molecule has 2 aromatic carbocycles. The summed E-state index contributed by atoms with van der Waals surface area (Å²) in [7, 11) is 0. The van der Waals surface area contributed by atoms with Crippen LogP contribution >= 0.6 is 15.9 Å². The quantitative estimate of drug-likeness (QED) is 0.911. The smallest absolute Gasteiger partial charge is 0.335 e. The van der Waals surface area contributed by atoms with Crippen molar-refractivity contribution in [1.29, 1.82) is 0 Å². The number of carboxylic acid groups (broad SMARTS) is 1. The van der Waals surface area contributed by atoms with Gasteiger partial charge in [0.05, 0.1) is 5.56 Å². The van der Waals surface area contributed by atoms with Gasteiger partial charge in [-0.25, -0.2) is 4.79 Å². The molecule has 1 aliphatic rings. The van der Waals surface area contributed by atoms with Crippen molar-refractivity contribution in [1.82, 2.24) is 0 Å². The highest BCUT2D eigenvalue weighted by Gasteiger charge is 2.14. The van der Waals surface area contributed by atoms with Crippen molar-refractivity contribution in [2.45, 2.75) is 0 Å². The van der Waals surface area contributed by atoms with E-state index in [1.807, 2.05) is 18.2 Å². The molecule has 1 heterocycles. The minimum absolute atomic E-state index is 0.248. The van der Waals surface area contributed by atoms with E-state index in [1.54, 1.807) is 18.2 Å². The summed E-state index contributed by atoms with van der Waals surface area (Å²) in [6, 6.07) is 10.6. The molecular formula is C15H11BrO4. The third-order valence-corrected chi connectivity index (χ3v) is 3.73. The van der Waals surface area contributed by atoms with E-state index in [4.69, 9.17) is 14.6 Å². The van der Waals surface area contributed by atoms with Gasteiger partial charge in [0.15, 0.2) is 11.5 Å². The number of rotatable bonds is 2. The number of benzene rings is 2. The van der Waals surface area contributed by atoms with Crippen LogP contribution in [0.2, 0.25) is 0 Å². The average molecular weight is 335 g/mol. The molecule has 0 aromatic heterocycles. The van der Waals surface area contributed by atoms with Crippen LogP contribution in [0.25, 0.3) is 11.1 Å². The maximum Gasteiger partial charge on any atom is 0.335 e. The molecule has 0 fully saturated rings. The lowest BCUT2D eigenvalue weighted by Crippen LogP contribution is -2.15. The second kappa shape index (κ2) is 5.17. The number of carboxylic acids is 1. The summed E-state index contributed by atoms with van der Waals surface area (Å²) in [5.74, 6) is 0.501. The highest BCUT2D eigenvalue weighted by Crippen LogP contribution is 2.37. The predicted molar refractivity (Wildman–Crippen MR) is 77.5 cm³/mol. The van der Waals surface area contributed by atoms with Gasteiger partial charge in [0.1, 0.15) is 13.2 Å². The molecule has 0 atom stereocenters. The van der Waals surface area contributed by atoms with Gasteiger partial charge >= 0.3 is 5.97 Å². The zero-order valence-corrected chi connectivity index (χ0v) is 12.0. The molecule has 1 N–H and O–H groups in total. The number of halogens is 1. The largest absolute Gasteiger partial charge is 0.486 e. The lowest BCUT2D eigenvalue weighted by Gasteiger charge is -2.19. The van der Waals surface area contributed by atoms with Crippen LogP contribution in [0.3, 0.4) is 0 Å². The van der Waals surface area contributed by atoms with E-state index in [2.05, 4.69) is 15.9 Å². The number of fused-ring (bicyclic) bond motifs is 1. The van der Waals surface area contributed by atoms with E-state index in [0.717, 1.165) is 21.3 Å². The van der Waals surface area contributed by atoms with E-state index in [-0.39, 0.29) is 5.56 Å². The van der Waals surface area contributed by atoms with Crippen molar-refractivity contribution in [3.63, 3.8) is 0 Å². The molecule has 102 valence electrons. The Kier molecular flexibility index (Phi) is 3.36. The van der Waals surface area contributed by atoms with Crippen LogP contribution in [-0.2, 0) is 0 Å². The molecule has 0 radical (unpaired) electrons. The molecule has 0 saturated heterocycles. The molecule has 5 heteroatoms. The fraction of sp³-hybridized carbons (Fsp3) is 0.133. The van der Waals surface area contributed by atoms with Crippen LogP contribution in [0, 0.1) is 0 Å². The van der Waals surface area contributed by atoms with Gasteiger partial charge in [-0.05, 0) is 35.4 Å². The first-order chi connectivity index (χ1) is 9.65. The maximum atomic E-state index is 10.9. The Bertz CT molecular complexity index is 682. The minimum Gasteiger partial charge on any atom is -0.486 e. The first-order valence-corrected chi connectivity index (χ1v) is 6.87. The van der Waals surface area contributed by atoms with Gasteiger partial charge in [0.2, 0.25) is 0 Å². The third-order valence-electron chi connectivity index (χ3n) is 3.07. The van der Waals surface area contributed by atoms with Gasteiger partial charge in [-0.3, -0.25) is 0 Å². The normalized spacial score (nSPS) is 13.1. The third kappa shape index (κ3) is 2.36. The number of ether oxygens (including phenoxy) is 2. The molecule has 0 amide bonds. The predicted octanol–water partition coefficient (Wildman–Crippen LogP) is 3.59. The Morgan fingerprint density at radius 1 is 1.05 bits per heavy atom. The van der Waals surface area contributed by atoms with Crippen molar-refractivity contribution in [3.05, 3.63) is 46.4 Å². The van der Waals surface area contributed by atoms with Gasteiger partial charge in [-0.2, -0.15) is 0 Å². The number of hydrogen-bond acceptors (Lipinski definition) is 3. The monoisotopic (exact) mass is 334 g/mol. The van der Waals surface area contributed by atoms with Gasteiger partial charge in [-0.1, -0.05) is 28.1 Å². The first kappa shape index (κ1) is 13.0. The summed E-state index contributed by atoms with van der Waals surface area (Å²) >= 11 is 3.41. The Labute approximate surface area is 124 Å². The van der Waals surface area contributed by atoms with Crippen molar-refractivity contribution < 1.29 is 19.4 Å². The molecule has 1 aliphatic heterocycles. The van der Waals surface area contributed by atoms with Crippen molar-refractivity contribution in [2.75, 3.05) is 13.2 Å². The zero-order chi connectivity index (χ0) is 14.1. The second-order valence-electron chi connectivity index (χ2n) is 4.36. The van der Waals surface area contributed by atoms with Crippen molar-refractivity contribution in [2.24, 2.45) is 0 Å². The molecule has 2 aromatic rings. The lowest BCUT2D eigenvalue weighted by molar-refractivity contribution is 0.0697. The molecule has 0 spiro atoms. The van der Waals surface area contributed by atoms with Gasteiger partial charge < -0.3 is 14.6 Å². The molecule has 0 aliphatic carbocycles. The van der Waals surface area contributed by atoms with Crippen molar-refractivity contribution >= 4 is 21.9 Å². The van der Waals surface area contributed by atoms with Crippen LogP contribution in [0.1, 0.15) is 10.4 Å². The fourth-order valence-electron chi connectivity index (χ4n) is 2.09. The molecule has 4 nitrogen and oxygen atoms in total. The second-order valence-corrected chi connectivity index (χ2v) is 5.21. The topological polar surface area (TPSA) is 55.8 Å². The summed E-state index contributed by atoms with van der Waals surface area (Å²) in [6.07, 6.45) is 0. The average Bonchev–Trinajstić information content (AvgIpc) is 2.46. The molecule has 3 rings (SSSR count). The van der Waals surface area contributed by atoms with Crippen LogP contribution in [0.4, 0.5) is 0 Å². The highest BCUT2D eigenvalue weighted by atomic mass is 79.9. The summed E-state index contributed by atoms with van der Waals surface area (Å²) in [6.45, 7) is 1.10. The van der Waals surface area contributed by atoms with Crippen LogP contribution < -0.4 is 9.47 Å². The minimum atomic E-state index is -0.945. The summed E-state index contributed by atoms with van der Waals surface area (Å²) in [4.78, 5) is 10.9. The summed E-state index contributed by atoms with van der Waals surface area (Å²) in [5, 5.41) is 8.97. The molecular weight excluding hydrogens is 324 g/mol. The summed E-state index contributed by atoms with van der Waals surface area (Å²) in [5.41, 5.74) is 2.10. The van der Waals surface area contributed by atoms with Gasteiger partial charge in [-0.15, -0.1) is 0 Å². The van der Waals surface area contributed by atoms with E-state index in [9.17, 15) is 4.79 Å². The van der Waals surface area contributed by atoms with Crippen LogP contribution in [-0.4, -0.2) is 24.3 Å². The van der Waals surface area contributed by atoms with E-state index >= 15 is 0 Å². The Morgan fingerprint density at radius 2 is 1.80 bits per heavy atom. The summed E-state index contributed by atoms with van der Waals surface area (Å²) < 4.78 is 11.8. The number of hydrogen-bond donors (Lipinski definition) is 1. The van der Waals surface area contributed by atoms with Crippen molar-refractivity contribution in [3.8, 4) is 22.6 Å². The first-order valence-electron chi connectivity index (χ1n) is 6.08. The molecule has 0 bridgehead atoms. The molecule has 20 heavy (non-hydrogen) atoms. The zero-order valence-electron chi connectivity index (χ0n) is 10.4.